The minimum atomic E-state index is 0.519. The van der Waals surface area contributed by atoms with Crippen molar-refractivity contribution in [3.8, 4) is 0 Å². The van der Waals surface area contributed by atoms with Crippen molar-refractivity contribution in [1.82, 2.24) is 0 Å². The largest absolute Gasteiger partial charge is 0.298 e. The molecule has 2 aliphatic carbocycles. The number of halogens is 1. The molecule has 3 rings (SSSR count). The molecule has 2 atom stereocenters. The van der Waals surface area contributed by atoms with Crippen LogP contribution in [0, 0.1) is 0 Å². The van der Waals surface area contributed by atoms with Gasteiger partial charge in [-0.05, 0) is 29.7 Å². The van der Waals surface area contributed by atoms with Crippen LogP contribution in [0.3, 0.4) is 0 Å². The van der Waals surface area contributed by atoms with Crippen LogP contribution in [0.15, 0.2) is 24.3 Å². The molecule has 0 aliphatic heterocycles. The summed E-state index contributed by atoms with van der Waals surface area (Å²) in [4.78, 5) is 10.7. The van der Waals surface area contributed by atoms with E-state index in [1.165, 1.54) is 11.1 Å². The monoisotopic (exact) mass is 204 g/mol. The summed E-state index contributed by atoms with van der Waals surface area (Å²) in [6.07, 6.45) is 6.46. The number of hydrogen-bond acceptors (Lipinski definition) is 1. The Labute approximate surface area is 87.4 Å². The van der Waals surface area contributed by atoms with Crippen LogP contribution in [0.2, 0.25) is 5.02 Å². The molecule has 2 unspecified atom stereocenters. The second-order valence-corrected chi connectivity index (χ2v) is 4.36. The van der Waals surface area contributed by atoms with Crippen molar-refractivity contribution in [2.75, 3.05) is 0 Å². The fraction of sp³-hybridized carbons (Fsp3) is 0.250. The predicted octanol–water partition coefficient (Wildman–Crippen LogP) is 3.29. The third-order valence-corrected chi connectivity index (χ3v) is 3.54. The molecular formula is C12H9ClO. The van der Waals surface area contributed by atoms with Gasteiger partial charge in [0.1, 0.15) is 0 Å². The third kappa shape index (κ3) is 0.934. The van der Waals surface area contributed by atoms with Gasteiger partial charge in [-0.15, -0.1) is 0 Å². The first-order valence-electron chi connectivity index (χ1n) is 4.76. The maximum Gasteiger partial charge on any atom is 0.151 e. The van der Waals surface area contributed by atoms with Gasteiger partial charge in [-0.2, -0.15) is 0 Å². The Morgan fingerprint density at radius 1 is 1.21 bits per heavy atom. The Hall–Kier alpha value is -1.08. The Morgan fingerprint density at radius 2 is 1.86 bits per heavy atom. The summed E-state index contributed by atoms with van der Waals surface area (Å²) in [5, 5.41) is 0.583. The van der Waals surface area contributed by atoms with E-state index in [1.54, 1.807) is 0 Å². The van der Waals surface area contributed by atoms with Gasteiger partial charge in [0.2, 0.25) is 0 Å². The normalized spacial score (nSPS) is 26.6. The van der Waals surface area contributed by atoms with Crippen LogP contribution in [0.25, 0.3) is 0 Å². The van der Waals surface area contributed by atoms with E-state index in [-0.39, 0.29) is 0 Å². The van der Waals surface area contributed by atoms with Crippen molar-refractivity contribution < 1.29 is 4.79 Å². The van der Waals surface area contributed by atoms with Crippen LogP contribution in [-0.4, -0.2) is 6.29 Å². The molecule has 0 spiro atoms. The summed E-state index contributed by atoms with van der Waals surface area (Å²) >= 11 is 5.99. The summed E-state index contributed by atoms with van der Waals surface area (Å²) in [7, 11) is 0. The Balaban J connectivity index is 2.23. The SMILES string of the molecule is O=Cc1cc2c(cc1Cl)C1C=CC2C1. The Kier molecular flexibility index (Phi) is 1.59. The molecule has 2 bridgehead atoms. The molecule has 1 nitrogen and oxygen atoms in total. The molecule has 0 radical (unpaired) electrons. The number of carbonyl (C=O) groups excluding carboxylic acids is 1. The lowest BCUT2D eigenvalue weighted by Gasteiger charge is -2.11. The van der Waals surface area contributed by atoms with Gasteiger partial charge in [-0.1, -0.05) is 23.8 Å². The van der Waals surface area contributed by atoms with Gasteiger partial charge in [-0.3, -0.25) is 4.79 Å². The molecule has 1 aromatic rings. The standard InChI is InChI=1S/C12H9ClO/c13-12-5-11-8-2-1-7(3-8)10(11)4-9(12)6-14/h1-2,4-8H,3H2. The molecule has 0 aromatic heterocycles. The molecule has 1 aromatic carbocycles. The molecule has 0 fully saturated rings. The molecule has 14 heavy (non-hydrogen) atoms. The second-order valence-electron chi connectivity index (χ2n) is 3.95. The number of carbonyl (C=O) groups is 1. The van der Waals surface area contributed by atoms with E-state index < -0.39 is 0 Å². The fourth-order valence-electron chi connectivity index (χ4n) is 2.52. The van der Waals surface area contributed by atoms with Gasteiger partial charge in [-0.25, -0.2) is 0 Å². The zero-order valence-electron chi connectivity index (χ0n) is 7.53. The highest BCUT2D eigenvalue weighted by molar-refractivity contribution is 6.33. The number of rotatable bonds is 1. The number of hydrogen-bond donors (Lipinski definition) is 0. The van der Waals surface area contributed by atoms with E-state index in [2.05, 4.69) is 12.2 Å². The van der Waals surface area contributed by atoms with Gasteiger partial charge in [0.15, 0.2) is 6.29 Å². The Morgan fingerprint density at radius 3 is 2.50 bits per heavy atom. The van der Waals surface area contributed by atoms with E-state index in [4.69, 9.17) is 11.6 Å². The Bertz CT molecular complexity index is 448. The van der Waals surface area contributed by atoms with Crippen LogP contribution in [-0.2, 0) is 0 Å². The van der Waals surface area contributed by atoms with Crippen molar-refractivity contribution in [3.05, 3.63) is 46.0 Å². The van der Waals surface area contributed by atoms with Crippen molar-refractivity contribution >= 4 is 17.9 Å². The van der Waals surface area contributed by atoms with Crippen LogP contribution in [0.4, 0.5) is 0 Å². The van der Waals surface area contributed by atoms with E-state index in [0.29, 0.717) is 22.4 Å². The predicted molar refractivity (Wildman–Crippen MR) is 56.1 cm³/mol. The third-order valence-electron chi connectivity index (χ3n) is 3.21. The van der Waals surface area contributed by atoms with Crippen molar-refractivity contribution in [3.63, 3.8) is 0 Å². The van der Waals surface area contributed by atoms with Crippen molar-refractivity contribution in [2.45, 2.75) is 18.3 Å². The molecule has 0 saturated carbocycles. The van der Waals surface area contributed by atoms with Crippen molar-refractivity contribution in [2.24, 2.45) is 0 Å². The summed E-state index contributed by atoms with van der Waals surface area (Å²) in [6.45, 7) is 0. The lowest BCUT2D eigenvalue weighted by Crippen LogP contribution is -1.95. The highest BCUT2D eigenvalue weighted by atomic mass is 35.5. The molecule has 0 heterocycles. The number of fused-ring (bicyclic) bond motifs is 5. The summed E-state index contributed by atoms with van der Waals surface area (Å²) in [5.41, 5.74) is 3.23. The summed E-state index contributed by atoms with van der Waals surface area (Å²) in [5.74, 6) is 1.05. The maximum absolute atomic E-state index is 10.7. The maximum atomic E-state index is 10.7. The fourth-order valence-corrected chi connectivity index (χ4v) is 2.73. The van der Waals surface area contributed by atoms with Crippen LogP contribution >= 0.6 is 11.6 Å². The van der Waals surface area contributed by atoms with E-state index in [9.17, 15) is 4.79 Å². The lowest BCUT2D eigenvalue weighted by molar-refractivity contribution is 0.112. The van der Waals surface area contributed by atoms with Gasteiger partial charge < -0.3 is 0 Å². The zero-order valence-corrected chi connectivity index (χ0v) is 8.29. The molecule has 2 heteroatoms. The smallest absolute Gasteiger partial charge is 0.151 e. The molecular weight excluding hydrogens is 196 g/mol. The molecule has 2 aliphatic rings. The second kappa shape index (κ2) is 2.71. The number of aldehydes is 1. The highest BCUT2D eigenvalue weighted by Crippen LogP contribution is 2.49. The molecule has 70 valence electrons. The molecule has 0 saturated heterocycles. The van der Waals surface area contributed by atoms with Gasteiger partial charge in [0.25, 0.3) is 0 Å². The zero-order chi connectivity index (χ0) is 9.71. The summed E-state index contributed by atoms with van der Waals surface area (Å²) in [6, 6.07) is 3.90. The van der Waals surface area contributed by atoms with E-state index in [1.807, 2.05) is 12.1 Å². The minimum absolute atomic E-state index is 0.519. The first kappa shape index (κ1) is 8.25. The molecule has 0 amide bonds. The molecule has 0 N–H and O–H groups in total. The topological polar surface area (TPSA) is 17.1 Å². The van der Waals surface area contributed by atoms with Crippen LogP contribution in [0.5, 0.6) is 0 Å². The first-order valence-corrected chi connectivity index (χ1v) is 5.14. The average molecular weight is 205 g/mol. The van der Waals surface area contributed by atoms with Gasteiger partial charge in [0.05, 0.1) is 5.02 Å². The minimum Gasteiger partial charge on any atom is -0.298 e. The van der Waals surface area contributed by atoms with E-state index >= 15 is 0 Å². The average Bonchev–Trinajstić information content (AvgIpc) is 2.77. The summed E-state index contributed by atoms with van der Waals surface area (Å²) < 4.78 is 0. The van der Waals surface area contributed by atoms with Crippen molar-refractivity contribution in [1.29, 1.82) is 0 Å². The van der Waals surface area contributed by atoms with Crippen LogP contribution < -0.4 is 0 Å². The quantitative estimate of drug-likeness (QED) is 0.507. The van der Waals surface area contributed by atoms with Gasteiger partial charge in [0, 0.05) is 17.4 Å². The van der Waals surface area contributed by atoms with Crippen LogP contribution in [0.1, 0.15) is 39.7 Å². The number of allylic oxidation sites excluding steroid dienone is 2. The highest BCUT2D eigenvalue weighted by Gasteiger charge is 2.33. The lowest BCUT2D eigenvalue weighted by atomic mass is 9.95. The number of benzene rings is 1. The van der Waals surface area contributed by atoms with E-state index in [0.717, 1.165) is 12.7 Å². The first-order chi connectivity index (χ1) is 6.79. The van der Waals surface area contributed by atoms with Gasteiger partial charge >= 0.3 is 0 Å².